The molecule has 0 radical (unpaired) electrons. The van der Waals surface area contributed by atoms with Gasteiger partial charge in [-0.25, -0.2) is 0 Å². The quantitative estimate of drug-likeness (QED) is 0.675. The van der Waals surface area contributed by atoms with Crippen molar-refractivity contribution >= 4 is 9.90 Å². The molecule has 1 unspecified atom stereocenters. The van der Waals surface area contributed by atoms with Gasteiger partial charge in [-0.3, -0.25) is 0 Å². The smallest absolute Gasteiger partial charge is 0.00154 e. The van der Waals surface area contributed by atoms with Crippen molar-refractivity contribution in [3.05, 3.63) is 34.4 Å². The molecule has 1 aromatic rings. The van der Waals surface area contributed by atoms with E-state index in [-0.39, 0.29) is 9.90 Å². The van der Waals surface area contributed by atoms with Crippen molar-refractivity contribution in [3.63, 3.8) is 0 Å². The van der Waals surface area contributed by atoms with Gasteiger partial charge in [0.2, 0.25) is 0 Å². The van der Waals surface area contributed by atoms with Gasteiger partial charge < -0.3 is 0 Å². The number of hydrogen-bond donors (Lipinski definition) is 0. The summed E-state index contributed by atoms with van der Waals surface area (Å²) in [6.45, 7) is 6.82. The normalized spacial score (nSPS) is 21.4. The van der Waals surface area contributed by atoms with Gasteiger partial charge in [-0.15, -0.1) is 0 Å². The Labute approximate surface area is 102 Å². The van der Waals surface area contributed by atoms with Crippen LogP contribution in [0.3, 0.4) is 0 Å². The summed E-state index contributed by atoms with van der Waals surface area (Å²) in [4.78, 5) is 0. The van der Waals surface area contributed by atoms with E-state index in [1.807, 2.05) is 0 Å². The monoisotopic (exact) mass is 234 g/mol. The van der Waals surface area contributed by atoms with Crippen molar-refractivity contribution in [1.29, 1.82) is 0 Å². The Morgan fingerprint density at radius 2 is 1.62 bits per heavy atom. The Morgan fingerprint density at radius 3 is 2.12 bits per heavy atom. The Bertz CT molecular complexity index is 412. The highest BCUT2D eigenvalue weighted by Gasteiger charge is 2.55. The maximum atomic E-state index is 2.41. The Kier molecular flexibility index (Phi) is 2.91. The van der Waals surface area contributed by atoms with Gasteiger partial charge in [0.05, 0.1) is 0 Å². The lowest BCUT2D eigenvalue weighted by atomic mass is 9.85. The fourth-order valence-electron chi connectivity index (χ4n) is 3.16. The van der Waals surface area contributed by atoms with Gasteiger partial charge in [0.1, 0.15) is 0 Å². The van der Waals surface area contributed by atoms with Crippen LogP contribution in [0.25, 0.3) is 0 Å². The molecule has 1 atom stereocenters. The van der Waals surface area contributed by atoms with Crippen LogP contribution >= 0.6 is 9.90 Å². The Hall–Kier alpha value is -0.350. The predicted molar refractivity (Wildman–Crippen MR) is 75.4 cm³/mol. The summed E-state index contributed by atoms with van der Waals surface area (Å²) < 4.78 is 0. The highest BCUT2D eigenvalue weighted by atomic mass is 31.0. The molecule has 0 bridgehead atoms. The summed E-state index contributed by atoms with van der Waals surface area (Å²) in [7, 11) is 0. The molecule has 0 spiro atoms. The van der Waals surface area contributed by atoms with E-state index in [9.17, 15) is 0 Å². The molecule has 0 saturated heterocycles. The maximum Gasteiger partial charge on any atom is -0.00154 e. The van der Waals surface area contributed by atoms with Crippen molar-refractivity contribution < 1.29 is 0 Å². The van der Waals surface area contributed by atoms with E-state index < -0.39 is 0 Å². The maximum absolute atomic E-state index is 2.41. The standard InChI is InChI=1S/C15H20.H3P/c1-10-4-7-14(12(3)11(10)2)15(8-9-15)13-5-6-13;/h4,7,13H,5-6,8-9H2,1-3H3;1H3. The fourth-order valence-corrected chi connectivity index (χ4v) is 3.16. The van der Waals surface area contributed by atoms with Crippen molar-refractivity contribution in [2.45, 2.75) is 51.9 Å². The molecule has 1 heteroatoms. The zero-order chi connectivity index (χ0) is 10.6. The molecular weight excluding hydrogens is 211 g/mol. The fraction of sp³-hybridized carbons (Fsp3) is 0.600. The second-order valence-corrected chi connectivity index (χ2v) is 5.61. The molecule has 1 aromatic carbocycles. The third-order valence-electron chi connectivity index (χ3n) is 4.74. The first-order valence-electron chi connectivity index (χ1n) is 6.22. The van der Waals surface area contributed by atoms with Crippen LogP contribution in [-0.2, 0) is 5.41 Å². The highest BCUT2D eigenvalue weighted by molar-refractivity contribution is 6.92. The molecule has 2 aliphatic rings. The van der Waals surface area contributed by atoms with Crippen molar-refractivity contribution in [2.24, 2.45) is 5.92 Å². The van der Waals surface area contributed by atoms with Crippen LogP contribution in [0.5, 0.6) is 0 Å². The second kappa shape index (κ2) is 3.84. The first-order chi connectivity index (χ1) is 7.15. The zero-order valence-electron chi connectivity index (χ0n) is 10.8. The average Bonchev–Trinajstić information content (AvgIpc) is 3.01. The zero-order valence-corrected chi connectivity index (χ0v) is 12.2. The van der Waals surface area contributed by atoms with E-state index in [0.29, 0.717) is 5.41 Å². The number of aryl methyl sites for hydroxylation is 1. The molecule has 0 nitrogen and oxygen atoms in total. The van der Waals surface area contributed by atoms with Crippen molar-refractivity contribution in [1.82, 2.24) is 0 Å². The van der Waals surface area contributed by atoms with E-state index >= 15 is 0 Å². The first kappa shape index (κ1) is 12.1. The van der Waals surface area contributed by atoms with Crippen LogP contribution in [0.4, 0.5) is 0 Å². The topological polar surface area (TPSA) is 0 Å². The average molecular weight is 234 g/mol. The summed E-state index contributed by atoms with van der Waals surface area (Å²) in [6.07, 6.45) is 5.85. The lowest BCUT2D eigenvalue weighted by Crippen LogP contribution is -2.12. The van der Waals surface area contributed by atoms with Gasteiger partial charge in [0.15, 0.2) is 0 Å². The molecule has 0 amide bonds. The number of rotatable bonds is 2. The van der Waals surface area contributed by atoms with Crippen LogP contribution < -0.4 is 0 Å². The first-order valence-corrected chi connectivity index (χ1v) is 6.22. The molecule has 2 saturated carbocycles. The van der Waals surface area contributed by atoms with E-state index in [4.69, 9.17) is 0 Å². The molecule has 2 fully saturated rings. The van der Waals surface area contributed by atoms with Crippen LogP contribution in [0.15, 0.2) is 12.1 Å². The van der Waals surface area contributed by atoms with Crippen LogP contribution in [0.2, 0.25) is 0 Å². The third kappa shape index (κ3) is 1.63. The summed E-state index contributed by atoms with van der Waals surface area (Å²) in [5, 5.41) is 0. The van der Waals surface area contributed by atoms with E-state index in [2.05, 4.69) is 32.9 Å². The molecule has 0 heterocycles. The highest BCUT2D eigenvalue weighted by Crippen LogP contribution is 2.63. The molecule has 2 aliphatic carbocycles. The van der Waals surface area contributed by atoms with Gasteiger partial charge in [-0.2, -0.15) is 9.90 Å². The summed E-state index contributed by atoms with van der Waals surface area (Å²) in [5.74, 6) is 1.03. The Balaban J connectivity index is 0.000000963. The van der Waals surface area contributed by atoms with Crippen LogP contribution in [0, 0.1) is 26.7 Å². The minimum Gasteiger partial charge on any atom is -0.153 e. The molecule has 3 rings (SSSR count). The number of benzene rings is 1. The van der Waals surface area contributed by atoms with E-state index in [1.165, 1.54) is 36.8 Å². The minimum absolute atomic E-state index is 0. The van der Waals surface area contributed by atoms with E-state index in [1.54, 1.807) is 11.1 Å². The van der Waals surface area contributed by atoms with E-state index in [0.717, 1.165) is 5.92 Å². The summed E-state index contributed by atoms with van der Waals surface area (Å²) in [6, 6.07) is 4.73. The van der Waals surface area contributed by atoms with Gasteiger partial charge in [-0.05, 0) is 80.0 Å². The molecule has 0 N–H and O–H groups in total. The lowest BCUT2D eigenvalue weighted by molar-refractivity contribution is 0.592. The number of hydrogen-bond acceptors (Lipinski definition) is 0. The van der Waals surface area contributed by atoms with Crippen molar-refractivity contribution in [2.75, 3.05) is 0 Å². The molecule has 0 aromatic heterocycles. The summed E-state index contributed by atoms with van der Waals surface area (Å²) in [5.41, 5.74) is 6.83. The molecule has 0 aliphatic heterocycles. The molecule has 16 heavy (non-hydrogen) atoms. The second-order valence-electron chi connectivity index (χ2n) is 5.61. The SMILES string of the molecule is Cc1ccc(C2(C3CC3)CC2)c(C)c1C.P. The molecular formula is C15H23P. The minimum atomic E-state index is 0. The van der Waals surface area contributed by atoms with Gasteiger partial charge >= 0.3 is 0 Å². The van der Waals surface area contributed by atoms with Gasteiger partial charge in [0, 0.05) is 0 Å². The molecule has 88 valence electrons. The van der Waals surface area contributed by atoms with Crippen LogP contribution in [0.1, 0.15) is 47.9 Å². The largest absolute Gasteiger partial charge is 0.153 e. The summed E-state index contributed by atoms with van der Waals surface area (Å²) >= 11 is 0. The third-order valence-corrected chi connectivity index (χ3v) is 4.74. The Morgan fingerprint density at radius 1 is 1.00 bits per heavy atom. The predicted octanol–water partition coefficient (Wildman–Crippen LogP) is 4.11. The van der Waals surface area contributed by atoms with Gasteiger partial charge in [0.25, 0.3) is 0 Å². The van der Waals surface area contributed by atoms with Gasteiger partial charge in [-0.1, -0.05) is 12.1 Å². The van der Waals surface area contributed by atoms with Crippen LogP contribution in [-0.4, -0.2) is 0 Å². The lowest BCUT2D eigenvalue weighted by Gasteiger charge is -2.20. The van der Waals surface area contributed by atoms with Crippen molar-refractivity contribution in [3.8, 4) is 0 Å².